The van der Waals surface area contributed by atoms with Gasteiger partial charge in [-0.2, -0.15) is 0 Å². The van der Waals surface area contributed by atoms with Crippen molar-refractivity contribution in [1.29, 1.82) is 0 Å². The highest BCUT2D eigenvalue weighted by Crippen LogP contribution is 2.13. The van der Waals surface area contributed by atoms with E-state index >= 15 is 0 Å². The van der Waals surface area contributed by atoms with Gasteiger partial charge in [0.1, 0.15) is 5.69 Å². The molecule has 0 unspecified atom stereocenters. The molecule has 0 spiro atoms. The van der Waals surface area contributed by atoms with Crippen molar-refractivity contribution in [2.24, 2.45) is 0 Å². The van der Waals surface area contributed by atoms with Crippen molar-refractivity contribution < 1.29 is 14.5 Å². The Morgan fingerprint density at radius 3 is 2.83 bits per heavy atom. The zero-order valence-electron chi connectivity index (χ0n) is 9.89. The molecular formula is C10H14ClN3O4. The van der Waals surface area contributed by atoms with Crippen LogP contribution in [-0.2, 0) is 4.74 Å². The molecule has 8 heteroatoms. The molecule has 0 bridgehead atoms. The van der Waals surface area contributed by atoms with E-state index in [0.717, 1.165) is 0 Å². The maximum Gasteiger partial charge on any atom is 0.287 e. The number of nitrogens with zero attached hydrogens (tertiary/aromatic N) is 2. The molecule has 1 N–H and O–H groups in total. The monoisotopic (exact) mass is 275 g/mol. The number of methoxy groups -OCH3 is 1. The Bertz CT molecular complexity index is 421. The van der Waals surface area contributed by atoms with Crippen molar-refractivity contribution in [1.82, 2.24) is 9.88 Å². The van der Waals surface area contributed by atoms with Crippen LogP contribution in [-0.4, -0.2) is 53.4 Å². The SMILES string of the molecule is COCCN(CCCl)C(=O)c1cc([N+](=O)[O-])c[nH]1. The van der Waals surface area contributed by atoms with E-state index in [9.17, 15) is 14.9 Å². The maximum atomic E-state index is 12.0. The number of nitro groups is 1. The summed E-state index contributed by atoms with van der Waals surface area (Å²) in [5.41, 5.74) is 0.0267. The minimum Gasteiger partial charge on any atom is -0.383 e. The van der Waals surface area contributed by atoms with Crippen LogP contribution in [0.25, 0.3) is 0 Å². The van der Waals surface area contributed by atoms with Crippen LogP contribution in [0, 0.1) is 10.1 Å². The maximum absolute atomic E-state index is 12.0. The molecule has 0 aromatic carbocycles. The fourth-order valence-electron chi connectivity index (χ4n) is 1.40. The predicted molar refractivity (Wildman–Crippen MR) is 65.9 cm³/mol. The van der Waals surface area contributed by atoms with Crippen LogP contribution < -0.4 is 0 Å². The lowest BCUT2D eigenvalue weighted by molar-refractivity contribution is -0.384. The molecule has 7 nitrogen and oxygen atoms in total. The third kappa shape index (κ3) is 3.71. The first kappa shape index (κ1) is 14.5. The van der Waals surface area contributed by atoms with Crippen LogP contribution in [0.15, 0.2) is 12.3 Å². The summed E-state index contributed by atoms with van der Waals surface area (Å²) in [7, 11) is 1.53. The number of hydrogen-bond donors (Lipinski definition) is 1. The molecule has 100 valence electrons. The lowest BCUT2D eigenvalue weighted by atomic mass is 10.3. The second kappa shape index (κ2) is 6.97. The predicted octanol–water partition coefficient (Wildman–Crippen LogP) is 1.25. The molecule has 0 atom stereocenters. The minimum absolute atomic E-state index is 0.143. The number of nitrogens with one attached hydrogen (secondary N) is 1. The van der Waals surface area contributed by atoms with Gasteiger partial charge in [-0.05, 0) is 0 Å². The Kier molecular flexibility index (Phi) is 5.60. The van der Waals surface area contributed by atoms with Gasteiger partial charge in [-0.25, -0.2) is 0 Å². The van der Waals surface area contributed by atoms with E-state index in [4.69, 9.17) is 16.3 Å². The number of amides is 1. The van der Waals surface area contributed by atoms with Gasteiger partial charge in [0.2, 0.25) is 0 Å². The minimum atomic E-state index is -0.561. The lowest BCUT2D eigenvalue weighted by Crippen LogP contribution is -2.35. The number of aromatic amines is 1. The van der Waals surface area contributed by atoms with E-state index in [-0.39, 0.29) is 23.2 Å². The topological polar surface area (TPSA) is 88.5 Å². The Hall–Kier alpha value is -1.60. The summed E-state index contributed by atoms with van der Waals surface area (Å²) in [5, 5.41) is 10.5. The zero-order chi connectivity index (χ0) is 13.5. The molecule has 0 saturated carbocycles. The number of ether oxygens (including phenoxy) is 1. The number of alkyl halides is 1. The number of carbonyl (C=O) groups excluding carboxylic acids is 1. The Labute approximate surface area is 109 Å². The van der Waals surface area contributed by atoms with Crippen LogP contribution in [0.5, 0.6) is 0 Å². The van der Waals surface area contributed by atoms with Gasteiger partial charge in [-0.1, -0.05) is 0 Å². The second-order valence-electron chi connectivity index (χ2n) is 3.50. The van der Waals surface area contributed by atoms with E-state index in [1.165, 1.54) is 24.3 Å². The van der Waals surface area contributed by atoms with Crippen molar-refractivity contribution in [3.63, 3.8) is 0 Å². The van der Waals surface area contributed by atoms with Crippen molar-refractivity contribution >= 4 is 23.2 Å². The van der Waals surface area contributed by atoms with Crippen LogP contribution in [0.1, 0.15) is 10.5 Å². The smallest absolute Gasteiger partial charge is 0.287 e. The largest absolute Gasteiger partial charge is 0.383 e. The molecule has 0 aliphatic carbocycles. The number of aromatic nitrogens is 1. The Balaban J connectivity index is 2.77. The summed E-state index contributed by atoms with van der Waals surface area (Å²) in [6.45, 7) is 1.12. The molecule has 1 aromatic rings. The number of halogens is 1. The summed E-state index contributed by atoms with van der Waals surface area (Å²) in [6, 6.07) is 1.20. The van der Waals surface area contributed by atoms with Crippen LogP contribution in [0.2, 0.25) is 0 Å². The highest BCUT2D eigenvalue weighted by Gasteiger charge is 2.19. The number of carbonyl (C=O) groups is 1. The summed E-state index contributed by atoms with van der Waals surface area (Å²) >= 11 is 5.61. The number of hydrogen-bond acceptors (Lipinski definition) is 4. The van der Waals surface area contributed by atoms with Gasteiger partial charge >= 0.3 is 0 Å². The molecule has 1 rings (SSSR count). The molecule has 1 aromatic heterocycles. The van der Waals surface area contributed by atoms with E-state index in [1.54, 1.807) is 0 Å². The van der Waals surface area contributed by atoms with Crippen molar-refractivity contribution in [2.75, 3.05) is 32.7 Å². The molecule has 0 fully saturated rings. The molecule has 1 amide bonds. The van der Waals surface area contributed by atoms with Crippen molar-refractivity contribution in [2.45, 2.75) is 0 Å². The number of rotatable bonds is 7. The molecular weight excluding hydrogens is 262 g/mol. The Morgan fingerprint density at radius 1 is 1.61 bits per heavy atom. The normalized spacial score (nSPS) is 10.3. The number of H-pyrrole nitrogens is 1. The third-order valence-corrected chi connectivity index (χ3v) is 2.49. The van der Waals surface area contributed by atoms with Gasteiger partial charge in [-0.3, -0.25) is 14.9 Å². The molecule has 18 heavy (non-hydrogen) atoms. The molecule has 0 radical (unpaired) electrons. The van der Waals surface area contributed by atoms with E-state index in [0.29, 0.717) is 19.7 Å². The summed E-state index contributed by atoms with van der Waals surface area (Å²) in [5.74, 6) is -0.0427. The van der Waals surface area contributed by atoms with Gasteiger partial charge in [0.15, 0.2) is 0 Å². The highest BCUT2D eigenvalue weighted by atomic mass is 35.5. The summed E-state index contributed by atoms with van der Waals surface area (Å²) < 4.78 is 4.89. The first-order valence-electron chi connectivity index (χ1n) is 5.27. The molecule has 0 saturated heterocycles. The fourth-order valence-corrected chi connectivity index (χ4v) is 1.60. The first-order valence-corrected chi connectivity index (χ1v) is 5.80. The van der Waals surface area contributed by atoms with Gasteiger partial charge in [0.05, 0.1) is 17.7 Å². The van der Waals surface area contributed by atoms with Crippen LogP contribution in [0.4, 0.5) is 5.69 Å². The van der Waals surface area contributed by atoms with Gasteiger partial charge in [-0.15, -0.1) is 11.6 Å². The standard InChI is InChI=1S/C10H14ClN3O4/c1-18-5-4-13(3-2-11)10(15)9-6-8(7-12-9)14(16)17/h6-7,12H,2-5H2,1H3. The molecule has 0 aliphatic heterocycles. The van der Waals surface area contributed by atoms with Crippen LogP contribution >= 0.6 is 11.6 Å². The second-order valence-corrected chi connectivity index (χ2v) is 3.88. The van der Waals surface area contributed by atoms with Gasteiger partial charge in [0, 0.05) is 32.1 Å². The average Bonchev–Trinajstić information content (AvgIpc) is 2.83. The summed E-state index contributed by atoms with van der Waals surface area (Å²) in [4.78, 5) is 26.1. The zero-order valence-corrected chi connectivity index (χ0v) is 10.6. The highest BCUT2D eigenvalue weighted by molar-refractivity contribution is 6.18. The van der Waals surface area contributed by atoms with Crippen molar-refractivity contribution in [3.05, 3.63) is 28.1 Å². The molecule has 1 heterocycles. The van der Waals surface area contributed by atoms with E-state index < -0.39 is 4.92 Å². The summed E-state index contributed by atoms with van der Waals surface area (Å²) in [6.07, 6.45) is 1.18. The lowest BCUT2D eigenvalue weighted by Gasteiger charge is -2.20. The third-order valence-electron chi connectivity index (χ3n) is 2.32. The average molecular weight is 276 g/mol. The van der Waals surface area contributed by atoms with Crippen LogP contribution in [0.3, 0.4) is 0 Å². The quantitative estimate of drug-likeness (QED) is 0.461. The van der Waals surface area contributed by atoms with Gasteiger partial charge in [0.25, 0.3) is 11.6 Å². The Morgan fingerprint density at radius 2 is 2.33 bits per heavy atom. The first-order chi connectivity index (χ1) is 8.60. The van der Waals surface area contributed by atoms with Gasteiger partial charge < -0.3 is 14.6 Å². The van der Waals surface area contributed by atoms with E-state index in [1.807, 2.05) is 0 Å². The van der Waals surface area contributed by atoms with Crippen molar-refractivity contribution in [3.8, 4) is 0 Å². The fraction of sp³-hybridized carbons (Fsp3) is 0.500. The molecule has 0 aliphatic rings. The van der Waals surface area contributed by atoms with E-state index in [2.05, 4.69) is 4.98 Å².